The number of aromatic nitrogens is 3. The molecular formula is C19H17ClN4O3S. The van der Waals surface area contributed by atoms with Gasteiger partial charge in [0.05, 0.1) is 10.8 Å². The Bertz CT molecular complexity index is 1020. The Hall–Kier alpha value is -2.71. The Balaban J connectivity index is 1.40. The van der Waals surface area contributed by atoms with E-state index in [4.69, 9.17) is 21.1 Å². The SMILES string of the molecule is Cn1c(SCC(=O)Nc2ccc3c(c2)OCCO3)nnc1-c1ccccc1Cl. The third kappa shape index (κ3) is 3.93. The summed E-state index contributed by atoms with van der Waals surface area (Å²) in [7, 11) is 1.85. The van der Waals surface area contributed by atoms with Gasteiger partial charge in [-0.15, -0.1) is 10.2 Å². The molecule has 0 radical (unpaired) electrons. The molecule has 7 nitrogen and oxygen atoms in total. The van der Waals surface area contributed by atoms with Crippen LogP contribution in [-0.2, 0) is 11.8 Å². The van der Waals surface area contributed by atoms with Gasteiger partial charge in [-0.25, -0.2) is 0 Å². The highest BCUT2D eigenvalue weighted by atomic mass is 35.5. The number of nitrogens with zero attached hydrogens (tertiary/aromatic N) is 3. The highest BCUT2D eigenvalue weighted by Crippen LogP contribution is 2.33. The minimum absolute atomic E-state index is 0.149. The zero-order chi connectivity index (χ0) is 19.5. The molecule has 0 unspecified atom stereocenters. The molecule has 0 atom stereocenters. The number of thioether (sulfide) groups is 1. The number of amides is 1. The van der Waals surface area contributed by atoms with Gasteiger partial charge in [-0.05, 0) is 24.3 Å². The van der Waals surface area contributed by atoms with Crippen molar-refractivity contribution >= 4 is 35.0 Å². The van der Waals surface area contributed by atoms with Crippen molar-refractivity contribution in [2.45, 2.75) is 5.16 Å². The Kier molecular flexibility index (Phi) is 5.40. The first-order valence-electron chi connectivity index (χ1n) is 8.58. The molecule has 2 aromatic carbocycles. The number of ether oxygens (including phenoxy) is 2. The van der Waals surface area contributed by atoms with Crippen LogP contribution in [0.1, 0.15) is 0 Å². The van der Waals surface area contributed by atoms with E-state index in [0.717, 1.165) is 5.56 Å². The second-order valence-electron chi connectivity index (χ2n) is 6.04. The summed E-state index contributed by atoms with van der Waals surface area (Å²) in [4.78, 5) is 12.3. The highest BCUT2D eigenvalue weighted by Gasteiger charge is 2.16. The van der Waals surface area contributed by atoms with Gasteiger partial charge in [0.15, 0.2) is 22.5 Å². The molecule has 28 heavy (non-hydrogen) atoms. The van der Waals surface area contributed by atoms with Crippen LogP contribution in [0.25, 0.3) is 11.4 Å². The number of fused-ring (bicyclic) bond motifs is 1. The number of rotatable bonds is 5. The number of halogens is 1. The number of nitrogens with one attached hydrogen (secondary N) is 1. The molecule has 1 aliphatic heterocycles. The molecule has 9 heteroatoms. The number of hydrogen-bond acceptors (Lipinski definition) is 6. The number of anilines is 1. The Morgan fingerprint density at radius 1 is 1.18 bits per heavy atom. The van der Waals surface area contributed by atoms with Crippen LogP contribution in [0.2, 0.25) is 5.02 Å². The molecule has 0 fully saturated rings. The first-order chi connectivity index (χ1) is 13.6. The van der Waals surface area contributed by atoms with Crippen molar-refractivity contribution < 1.29 is 14.3 Å². The van der Waals surface area contributed by atoms with Gasteiger partial charge in [0.25, 0.3) is 0 Å². The first kappa shape index (κ1) is 18.6. The van der Waals surface area contributed by atoms with Gasteiger partial charge in [-0.2, -0.15) is 0 Å². The van der Waals surface area contributed by atoms with Gasteiger partial charge in [0.2, 0.25) is 5.91 Å². The van der Waals surface area contributed by atoms with Crippen molar-refractivity contribution in [3.63, 3.8) is 0 Å². The maximum atomic E-state index is 12.3. The minimum atomic E-state index is -0.149. The molecule has 0 bridgehead atoms. The van der Waals surface area contributed by atoms with Crippen LogP contribution in [0.5, 0.6) is 11.5 Å². The van der Waals surface area contributed by atoms with E-state index in [1.807, 2.05) is 29.8 Å². The molecule has 2 heterocycles. The van der Waals surface area contributed by atoms with Crippen molar-refractivity contribution in [3.8, 4) is 22.9 Å². The summed E-state index contributed by atoms with van der Waals surface area (Å²) >= 11 is 7.54. The van der Waals surface area contributed by atoms with E-state index >= 15 is 0 Å². The summed E-state index contributed by atoms with van der Waals surface area (Å²) in [6, 6.07) is 12.8. The average Bonchev–Trinajstić information content (AvgIpc) is 3.07. The summed E-state index contributed by atoms with van der Waals surface area (Å²) in [5, 5.41) is 12.5. The third-order valence-electron chi connectivity index (χ3n) is 4.11. The zero-order valence-electron chi connectivity index (χ0n) is 15.0. The normalized spacial score (nSPS) is 12.6. The summed E-state index contributed by atoms with van der Waals surface area (Å²) in [5.41, 5.74) is 1.45. The number of benzene rings is 2. The second kappa shape index (κ2) is 8.12. The van der Waals surface area contributed by atoms with Crippen molar-refractivity contribution in [3.05, 3.63) is 47.5 Å². The minimum Gasteiger partial charge on any atom is -0.486 e. The van der Waals surface area contributed by atoms with Crippen LogP contribution < -0.4 is 14.8 Å². The Morgan fingerprint density at radius 2 is 1.96 bits per heavy atom. The van der Waals surface area contributed by atoms with E-state index in [-0.39, 0.29) is 11.7 Å². The highest BCUT2D eigenvalue weighted by molar-refractivity contribution is 7.99. The number of carbonyl (C=O) groups excluding carboxylic acids is 1. The zero-order valence-corrected chi connectivity index (χ0v) is 16.6. The van der Waals surface area contributed by atoms with Crippen LogP contribution in [0.4, 0.5) is 5.69 Å². The van der Waals surface area contributed by atoms with Crippen molar-refractivity contribution in [2.24, 2.45) is 7.05 Å². The summed E-state index contributed by atoms with van der Waals surface area (Å²) in [6.07, 6.45) is 0. The first-order valence-corrected chi connectivity index (χ1v) is 9.95. The Labute approximate surface area is 171 Å². The molecule has 1 aromatic heterocycles. The fraction of sp³-hybridized carbons (Fsp3) is 0.211. The van der Waals surface area contributed by atoms with Gasteiger partial charge in [-0.1, -0.05) is 35.5 Å². The average molecular weight is 417 g/mol. The van der Waals surface area contributed by atoms with Gasteiger partial charge in [0, 0.05) is 24.4 Å². The lowest BCUT2D eigenvalue weighted by atomic mass is 10.2. The van der Waals surface area contributed by atoms with Crippen LogP contribution in [0, 0.1) is 0 Å². The summed E-state index contributed by atoms with van der Waals surface area (Å²) < 4.78 is 12.8. The van der Waals surface area contributed by atoms with Gasteiger partial charge in [0.1, 0.15) is 13.2 Å². The molecule has 0 saturated carbocycles. The predicted octanol–water partition coefficient (Wildman–Crippen LogP) is 3.64. The van der Waals surface area contributed by atoms with E-state index in [1.54, 1.807) is 24.3 Å². The molecule has 4 rings (SSSR count). The van der Waals surface area contributed by atoms with E-state index in [1.165, 1.54) is 11.8 Å². The molecule has 1 N–H and O–H groups in total. The van der Waals surface area contributed by atoms with Crippen molar-refractivity contribution in [1.82, 2.24) is 14.8 Å². The third-order valence-corrected chi connectivity index (χ3v) is 5.46. The van der Waals surface area contributed by atoms with Crippen LogP contribution in [0.15, 0.2) is 47.6 Å². The number of hydrogen-bond donors (Lipinski definition) is 1. The van der Waals surface area contributed by atoms with Gasteiger partial charge < -0.3 is 19.4 Å². The fourth-order valence-corrected chi connectivity index (χ4v) is 3.70. The quantitative estimate of drug-likeness (QED) is 0.640. The predicted molar refractivity (Wildman–Crippen MR) is 108 cm³/mol. The van der Waals surface area contributed by atoms with E-state index in [2.05, 4.69) is 15.5 Å². The van der Waals surface area contributed by atoms with Crippen LogP contribution >= 0.6 is 23.4 Å². The Morgan fingerprint density at radius 3 is 2.79 bits per heavy atom. The standard InChI is InChI=1S/C19H17ClN4O3S/c1-24-18(13-4-2-3-5-14(13)20)22-23-19(24)28-11-17(25)21-12-6-7-15-16(10-12)27-9-8-26-15/h2-7,10H,8-9,11H2,1H3,(H,21,25). The van der Waals surface area contributed by atoms with E-state index in [9.17, 15) is 4.79 Å². The molecule has 0 saturated heterocycles. The monoisotopic (exact) mass is 416 g/mol. The fourth-order valence-electron chi connectivity index (χ4n) is 2.77. The molecular weight excluding hydrogens is 400 g/mol. The molecule has 3 aromatic rings. The van der Waals surface area contributed by atoms with Crippen LogP contribution in [0.3, 0.4) is 0 Å². The summed E-state index contributed by atoms with van der Waals surface area (Å²) in [6.45, 7) is 1.03. The number of carbonyl (C=O) groups is 1. The topological polar surface area (TPSA) is 78.3 Å². The largest absolute Gasteiger partial charge is 0.486 e. The molecule has 0 spiro atoms. The molecule has 0 aliphatic carbocycles. The molecule has 144 valence electrons. The van der Waals surface area contributed by atoms with E-state index in [0.29, 0.717) is 46.4 Å². The van der Waals surface area contributed by atoms with Gasteiger partial charge in [-0.3, -0.25) is 4.79 Å². The second-order valence-corrected chi connectivity index (χ2v) is 7.39. The smallest absolute Gasteiger partial charge is 0.234 e. The van der Waals surface area contributed by atoms with Crippen LogP contribution in [-0.4, -0.2) is 39.6 Å². The van der Waals surface area contributed by atoms with E-state index < -0.39 is 0 Å². The maximum absolute atomic E-state index is 12.3. The van der Waals surface area contributed by atoms with Crippen molar-refractivity contribution in [1.29, 1.82) is 0 Å². The maximum Gasteiger partial charge on any atom is 0.234 e. The van der Waals surface area contributed by atoms with Crippen molar-refractivity contribution in [2.75, 3.05) is 24.3 Å². The summed E-state index contributed by atoms with van der Waals surface area (Å²) in [5.74, 6) is 2.02. The lowest BCUT2D eigenvalue weighted by Gasteiger charge is -2.18. The van der Waals surface area contributed by atoms with Gasteiger partial charge >= 0.3 is 0 Å². The lowest BCUT2D eigenvalue weighted by Crippen LogP contribution is -2.17. The molecule has 1 amide bonds. The lowest BCUT2D eigenvalue weighted by molar-refractivity contribution is -0.113. The molecule has 1 aliphatic rings.